The van der Waals surface area contributed by atoms with E-state index >= 15 is 0 Å². The van der Waals surface area contributed by atoms with Crippen LogP contribution in [0.25, 0.3) is 10.9 Å². The molecule has 0 fully saturated rings. The highest BCUT2D eigenvalue weighted by Crippen LogP contribution is 2.57. The number of halogens is 4. The van der Waals surface area contributed by atoms with Crippen LogP contribution in [0.2, 0.25) is 5.02 Å². The van der Waals surface area contributed by atoms with Gasteiger partial charge in [-0.2, -0.15) is 13.2 Å². The van der Waals surface area contributed by atoms with Gasteiger partial charge in [-0.3, -0.25) is 4.98 Å². The lowest BCUT2D eigenvalue weighted by molar-refractivity contribution is -0.275. The average Bonchev–Trinajstić information content (AvgIpc) is 2.69. The third-order valence-electron chi connectivity index (χ3n) is 6.18. The number of rotatable bonds is 3. The van der Waals surface area contributed by atoms with Crippen molar-refractivity contribution in [2.45, 2.75) is 50.4 Å². The number of methoxy groups -OCH3 is 1. The van der Waals surface area contributed by atoms with Crippen LogP contribution in [0.5, 0.6) is 5.75 Å². The molecule has 4 rings (SSSR count). The molecule has 32 heavy (non-hydrogen) atoms. The van der Waals surface area contributed by atoms with E-state index in [1.54, 1.807) is 38.1 Å². The van der Waals surface area contributed by atoms with Crippen LogP contribution in [0.1, 0.15) is 43.1 Å². The van der Waals surface area contributed by atoms with Crippen molar-refractivity contribution < 1.29 is 23.0 Å². The zero-order chi connectivity index (χ0) is 23.5. The molecule has 0 bridgehead atoms. The van der Waals surface area contributed by atoms with Gasteiger partial charge in [0, 0.05) is 22.3 Å². The third-order valence-corrected chi connectivity index (χ3v) is 6.48. The smallest absolute Gasteiger partial charge is 0.419 e. The lowest BCUT2D eigenvalue weighted by atomic mass is 9.63. The minimum Gasteiger partial charge on any atom is -0.495 e. The van der Waals surface area contributed by atoms with Gasteiger partial charge < -0.3 is 15.2 Å². The number of nitrogens with zero attached hydrogens (tertiary/aromatic N) is 1. The zero-order valence-corrected chi connectivity index (χ0v) is 18.9. The Bertz CT molecular complexity index is 1200. The number of nitrogens with one attached hydrogen (secondary N) is 1. The van der Waals surface area contributed by atoms with Crippen molar-refractivity contribution in [2.75, 3.05) is 12.4 Å². The molecule has 8 heteroatoms. The van der Waals surface area contributed by atoms with Crippen LogP contribution in [0.15, 0.2) is 42.5 Å². The summed E-state index contributed by atoms with van der Waals surface area (Å²) in [5.74, 6) is 0.320. The highest BCUT2D eigenvalue weighted by atomic mass is 35.5. The maximum Gasteiger partial charge on any atom is 0.419 e. The number of hydrogen-bond acceptors (Lipinski definition) is 4. The Labute approximate surface area is 189 Å². The first-order chi connectivity index (χ1) is 14.9. The Morgan fingerprint density at radius 2 is 1.88 bits per heavy atom. The number of aromatic nitrogens is 1. The number of alkyl halides is 3. The predicted molar refractivity (Wildman–Crippen MR) is 119 cm³/mol. The SMILES string of the molecule is COc1c(Cl)ccc2c1C(C)(C)C[C@](O)(C(F)(F)F)[C@@H]2Nc1cccc2nc(C)ccc12. The standard InChI is InChI=1S/C24H24ClF3N2O2/c1-13-8-9-14-17(29-13)6-5-7-18(14)30-21-15-10-11-16(25)20(32-4)19(15)22(2,3)12-23(21,31)24(26,27)28/h5-11,21,30-31H,12H2,1-4H3/t21-,23-/m1/s1. The van der Waals surface area contributed by atoms with Crippen LogP contribution in [0.3, 0.4) is 0 Å². The van der Waals surface area contributed by atoms with E-state index in [4.69, 9.17) is 16.3 Å². The lowest BCUT2D eigenvalue weighted by Gasteiger charge is -2.49. The van der Waals surface area contributed by atoms with E-state index in [0.29, 0.717) is 38.5 Å². The molecule has 2 atom stereocenters. The van der Waals surface area contributed by atoms with Gasteiger partial charge in [-0.15, -0.1) is 0 Å². The van der Waals surface area contributed by atoms with E-state index in [0.717, 1.165) is 5.69 Å². The van der Waals surface area contributed by atoms with Gasteiger partial charge in [-0.05, 0) is 54.7 Å². The fraction of sp³-hybridized carbons (Fsp3) is 0.375. The van der Waals surface area contributed by atoms with Crippen LogP contribution in [-0.4, -0.2) is 29.0 Å². The molecule has 0 radical (unpaired) electrons. The highest BCUT2D eigenvalue weighted by molar-refractivity contribution is 6.32. The molecule has 2 N–H and O–H groups in total. The molecule has 0 aliphatic heterocycles. The number of ether oxygens (including phenoxy) is 1. The first kappa shape index (κ1) is 22.7. The zero-order valence-electron chi connectivity index (χ0n) is 18.1. The summed E-state index contributed by atoms with van der Waals surface area (Å²) >= 11 is 6.31. The van der Waals surface area contributed by atoms with E-state index in [9.17, 15) is 18.3 Å². The molecule has 1 heterocycles. The van der Waals surface area contributed by atoms with E-state index in [1.165, 1.54) is 19.2 Å². The maximum atomic E-state index is 14.4. The molecule has 0 saturated heterocycles. The van der Waals surface area contributed by atoms with Gasteiger partial charge in [0.05, 0.1) is 23.7 Å². The second-order valence-electron chi connectivity index (χ2n) is 8.93. The number of fused-ring (bicyclic) bond motifs is 2. The first-order valence-corrected chi connectivity index (χ1v) is 10.6. The van der Waals surface area contributed by atoms with Crippen LogP contribution in [0.4, 0.5) is 18.9 Å². The Morgan fingerprint density at radius 1 is 1.16 bits per heavy atom. The molecule has 4 nitrogen and oxygen atoms in total. The topological polar surface area (TPSA) is 54.4 Å². The number of anilines is 1. The number of aliphatic hydroxyl groups is 1. The average molecular weight is 465 g/mol. The van der Waals surface area contributed by atoms with Crippen molar-refractivity contribution in [3.8, 4) is 5.75 Å². The number of benzene rings is 2. The van der Waals surface area contributed by atoms with E-state index in [2.05, 4.69) is 10.3 Å². The van der Waals surface area contributed by atoms with Gasteiger partial charge in [0.25, 0.3) is 0 Å². The number of pyridine rings is 1. The Morgan fingerprint density at radius 3 is 2.53 bits per heavy atom. The van der Waals surface area contributed by atoms with Crippen LogP contribution >= 0.6 is 11.6 Å². The Balaban J connectivity index is 1.97. The first-order valence-electron chi connectivity index (χ1n) is 10.2. The quantitative estimate of drug-likeness (QED) is 0.475. The second-order valence-corrected chi connectivity index (χ2v) is 9.34. The third kappa shape index (κ3) is 3.48. The lowest BCUT2D eigenvalue weighted by Crippen LogP contribution is -2.58. The molecule has 1 aromatic heterocycles. The van der Waals surface area contributed by atoms with Crippen molar-refractivity contribution in [1.82, 2.24) is 4.98 Å². The largest absolute Gasteiger partial charge is 0.495 e. The maximum absolute atomic E-state index is 14.4. The van der Waals surface area contributed by atoms with Gasteiger partial charge >= 0.3 is 6.18 Å². The normalized spacial score (nSPS) is 22.5. The Kier molecular flexibility index (Phi) is 5.33. The van der Waals surface area contributed by atoms with E-state index in [-0.39, 0.29) is 0 Å². The molecular formula is C24H24ClF3N2O2. The molecule has 0 spiro atoms. The summed E-state index contributed by atoms with van der Waals surface area (Å²) in [5.41, 5.74) is -1.34. The van der Waals surface area contributed by atoms with Gasteiger partial charge in [-0.25, -0.2) is 0 Å². The monoisotopic (exact) mass is 464 g/mol. The molecular weight excluding hydrogens is 441 g/mol. The molecule has 1 aliphatic carbocycles. The minimum atomic E-state index is -4.88. The summed E-state index contributed by atoms with van der Waals surface area (Å²) in [6, 6.07) is 10.4. The molecule has 3 aromatic rings. The summed E-state index contributed by atoms with van der Waals surface area (Å²) < 4.78 is 48.6. The van der Waals surface area contributed by atoms with Crippen LogP contribution < -0.4 is 10.1 Å². The molecule has 0 unspecified atom stereocenters. The number of aryl methyl sites for hydroxylation is 1. The molecule has 170 valence electrons. The summed E-state index contributed by atoms with van der Waals surface area (Å²) in [6.45, 7) is 5.15. The van der Waals surface area contributed by atoms with Crippen molar-refractivity contribution in [3.63, 3.8) is 0 Å². The minimum absolute atomic E-state index is 0.291. The van der Waals surface area contributed by atoms with Gasteiger partial charge in [0.1, 0.15) is 5.75 Å². The van der Waals surface area contributed by atoms with Gasteiger partial charge in [0.2, 0.25) is 0 Å². The fourth-order valence-corrected chi connectivity index (χ4v) is 5.07. The predicted octanol–water partition coefficient (Wildman–Crippen LogP) is 6.33. The number of hydrogen-bond donors (Lipinski definition) is 2. The summed E-state index contributed by atoms with van der Waals surface area (Å²) in [4.78, 5) is 4.46. The van der Waals surface area contributed by atoms with Crippen LogP contribution in [-0.2, 0) is 5.41 Å². The van der Waals surface area contributed by atoms with Crippen molar-refractivity contribution in [3.05, 3.63) is 64.3 Å². The summed E-state index contributed by atoms with van der Waals surface area (Å²) in [6.07, 6.45) is -5.45. The van der Waals surface area contributed by atoms with E-state index < -0.39 is 29.7 Å². The molecule has 0 amide bonds. The second kappa shape index (κ2) is 7.52. The summed E-state index contributed by atoms with van der Waals surface area (Å²) in [7, 11) is 1.43. The highest BCUT2D eigenvalue weighted by Gasteiger charge is 2.64. The molecule has 2 aromatic carbocycles. The molecule has 1 aliphatic rings. The Hall–Kier alpha value is -2.51. The van der Waals surface area contributed by atoms with Crippen molar-refractivity contribution >= 4 is 28.2 Å². The van der Waals surface area contributed by atoms with Crippen LogP contribution in [0, 0.1) is 6.92 Å². The summed E-state index contributed by atoms with van der Waals surface area (Å²) in [5, 5.41) is 15.1. The van der Waals surface area contributed by atoms with Gasteiger partial charge in [-0.1, -0.05) is 37.6 Å². The van der Waals surface area contributed by atoms with Gasteiger partial charge in [0.15, 0.2) is 5.60 Å². The fourth-order valence-electron chi connectivity index (χ4n) is 4.83. The molecule has 0 saturated carbocycles. The van der Waals surface area contributed by atoms with E-state index in [1.807, 2.05) is 13.0 Å². The van der Waals surface area contributed by atoms with Crippen molar-refractivity contribution in [2.24, 2.45) is 0 Å². The van der Waals surface area contributed by atoms with Crippen molar-refractivity contribution in [1.29, 1.82) is 0 Å².